The third kappa shape index (κ3) is 1.37. The molecule has 4 nitrogen and oxygen atoms in total. The van der Waals surface area contributed by atoms with E-state index in [4.69, 9.17) is 0 Å². The maximum atomic E-state index is 11.1. The molecule has 1 aromatic rings. The van der Waals surface area contributed by atoms with E-state index < -0.39 is 0 Å². The first-order chi connectivity index (χ1) is 5.16. The zero-order chi connectivity index (χ0) is 8.43. The summed E-state index contributed by atoms with van der Waals surface area (Å²) in [5, 5.41) is 3.75. The van der Waals surface area contributed by atoms with Gasteiger partial charge in [-0.1, -0.05) is 0 Å². The molecule has 0 amide bonds. The van der Waals surface area contributed by atoms with Crippen LogP contribution in [0, 0.1) is 0 Å². The standard InChI is InChI=1S/C6H6BrN3O/c1-8-4-3-9-10(2)6(11)5(4)7/h3H,1H2,2H3. The second-order valence-electron chi connectivity index (χ2n) is 1.93. The van der Waals surface area contributed by atoms with Crippen LogP contribution in [0.25, 0.3) is 0 Å². The van der Waals surface area contributed by atoms with E-state index in [0.29, 0.717) is 10.2 Å². The van der Waals surface area contributed by atoms with Gasteiger partial charge in [-0.2, -0.15) is 5.10 Å². The van der Waals surface area contributed by atoms with Crippen molar-refractivity contribution in [2.45, 2.75) is 0 Å². The van der Waals surface area contributed by atoms with E-state index in [0.717, 1.165) is 0 Å². The van der Waals surface area contributed by atoms with Crippen molar-refractivity contribution in [1.82, 2.24) is 9.78 Å². The predicted octanol–water partition coefficient (Wildman–Crippen LogP) is 0.875. The molecule has 0 aromatic carbocycles. The number of halogens is 1. The first-order valence-electron chi connectivity index (χ1n) is 2.85. The van der Waals surface area contributed by atoms with Crippen LogP contribution in [0.1, 0.15) is 0 Å². The molecule has 0 fully saturated rings. The van der Waals surface area contributed by atoms with Gasteiger partial charge in [0.25, 0.3) is 5.56 Å². The van der Waals surface area contributed by atoms with Gasteiger partial charge in [0.05, 0.1) is 6.20 Å². The van der Waals surface area contributed by atoms with E-state index in [9.17, 15) is 4.79 Å². The lowest BCUT2D eigenvalue weighted by molar-refractivity contribution is 0.703. The van der Waals surface area contributed by atoms with E-state index >= 15 is 0 Å². The molecule has 1 rings (SSSR count). The van der Waals surface area contributed by atoms with Gasteiger partial charge in [0, 0.05) is 7.05 Å². The van der Waals surface area contributed by atoms with Gasteiger partial charge < -0.3 is 0 Å². The lowest BCUT2D eigenvalue weighted by atomic mass is 10.5. The quantitative estimate of drug-likeness (QED) is 0.654. The fourth-order valence-corrected chi connectivity index (χ4v) is 1.10. The average Bonchev–Trinajstić information content (AvgIpc) is 2.01. The van der Waals surface area contributed by atoms with E-state index in [2.05, 4.69) is 32.7 Å². The van der Waals surface area contributed by atoms with Gasteiger partial charge in [-0.3, -0.25) is 9.79 Å². The summed E-state index contributed by atoms with van der Waals surface area (Å²) in [6.45, 7) is 3.29. The Kier molecular flexibility index (Phi) is 2.19. The second-order valence-corrected chi connectivity index (χ2v) is 2.72. The highest BCUT2D eigenvalue weighted by molar-refractivity contribution is 9.10. The zero-order valence-corrected chi connectivity index (χ0v) is 7.50. The minimum atomic E-state index is -0.213. The molecule has 0 unspecified atom stereocenters. The summed E-state index contributed by atoms with van der Waals surface area (Å²) in [6, 6.07) is 0. The molecule has 0 atom stereocenters. The maximum absolute atomic E-state index is 11.1. The van der Waals surface area contributed by atoms with Crippen molar-refractivity contribution in [3.05, 3.63) is 21.0 Å². The van der Waals surface area contributed by atoms with Crippen LogP contribution in [0.15, 0.2) is 20.5 Å². The van der Waals surface area contributed by atoms with Gasteiger partial charge in [-0.05, 0) is 22.6 Å². The van der Waals surface area contributed by atoms with Gasteiger partial charge in [0.15, 0.2) is 0 Å². The van der Waals surface area contributed by atoms with Gasteiger partial charge >= 0.3 is 0 Å². The Morgan fingerprint density at radius 2 is 2.45 bits per heavy atom. The van der Waals surface area contributed by atoms with Crippen LogP contribution < -0.4 is 5.56 Å². The molecule has 0 spiro atoms. The highest BCUT2D eigenvalue weighted by Gasteiger charge is 2.03. The molecule has 0 saturated carbocycles. The van der Waals surface area contributed by atoms with Gasteiger partial charge in [0.2, 0.25) is 0 Å². The van der Waals surface area contributed by atoms with Crippen LogP contribution in [-0.2, 0) is 7.05 Å². The number of rotatable bonds is 1. The molecule has 58 valence electrons. The van der Waals surface area contributed by atoms with Crippen LogP contribution in [0.5, 0.6) is 0 Å². The minimum absolute atomic E-state index is 0.213. The van der Waals surface area contributed by atoms with Crippen LogP contribution in [-0.4, -0.2) is 16.5 Å². The average molecular weight is 216 g/mol. The fourth-order valence-electron chi connectivity index (χ4n) is 0.612. The summed E-state index contributed by atoms with van der Waals surface area (Å²) < 4.78 is 1.61. The van der Waals surface area contributed by atoms with Gasteiger partial charge in [-0.25, -0.2) is 4.68 Å². The first-order valence-corrected chi connectivity index (χ1v) is 3.64. The van der Waals surface area contributed by atoms with Crippen molar-refractivity contribution < 1.29 is 0 Å². The number of aromatic nitrogens is 2. The number of hydrogen-bond donors (Lipinski definition) is 0. The molecule has 0 aliphatic rings. The van der Waals surface area contributed by atoms with E-state index in [1.165, 1.54) is 10.9 Å². The Balaban J connectivity index is 3.49. The third-order valence-corrected chi connectivity index (χ3v) is 1.98. The molecule has 1 aromatic heterocycles. The molecule has 0 saturated heterocycles. The Labute approximate surface area is 71.7 Å². The van der Waals surface area contributed by atoms with Crippen molar-refractivity contribution in [3.63, 3.8) is 0 Å². The van der Waals surface area contributed by atoms with Crippen molar-refractivity contribution in [3.8, 4) is 0 Å². The van der Waals surface area contributed by atoms with Crippen molar-refractivity contribution >= 4 is 28.3 Å². The van der Waals surface area contributed by atoms with E-state index in [1.54, 1.807) is 7.05 Å². The Hall–Kier alpha value is -0.970. The number of nitrogens with zero attached hydrogens (tertiary/aromatic N) is 3. The molecule has 0 bridgehead atoms. The van der Waals surface area contributed by atoms with Crippen molar-refractivity contribution in [2.75, 3.05) is 0 Å². The molecule has 11 heavy (non-hydrogen) atoms. The smallest absolute Gasteiger partial charge is 0.266 e. The molecular formula is C6H6BrN3O. The van der Waals surface area contributed by atoms with Crippen LogP contribution >= 0.6 is 15.9 Å². The summed E-state index contributed by atoms with van der Waals surface area (Å²) in [5.74, 6) is 0. The first kappa shape index (κ1) is 8.13. The van der Waals surface area contributed by atoms with Crippen LogP contribution in [0.2, 0.25) is 0 Å². The SMILES string of the molecule is C=Nc1cnn(C)c(=O)c1Br. The summed E-state index contributed by atoms with van der Waals surface area (Å²) in [7, 11) is 1.57. The molecular weight excluding hydrogens is 210 g/mol. The Morgan fingerprint density at radius 3 is 3.00 bits per heavy atom. The monoisotopic (exact) mass is 215 g/mol. The fraction of sp³-hybridized carbons (Fsp3) is 0.167. The Bertz CT molecular complexity index is 344. The normalized spacial score (nSPS) is 9.64. The summed E-state index contributed by atoms with van der Waals surface area (Å²) in [4.78, 5) is 14.7. The predicted molar refractivity (Wildman–Crippen MR) is 46.4 cm³/mol. The molecule has 0 radical (unpaired) electrons. The lowest BCUT2D eigenvalue weighted by Gasteiger charge is -1.97. The molecule has 0 aliphatic heterocycles. The summed E-state index contributed by atoms with van der Waals surface area (Å²) >= 11 is 3.08. The molecule has 1 heterocycles. The second kappa shape index (κ2) is 2.96. The summed E-state index contributed by atoms with van der Waals surface area (Å²) in [5.41, 5.74) is 0.253. The van der Waals surface area contributed by atoms with Gasteiger partial charge in [-0.15, -0.1) is 0 Å². The topological polar surface area (TPSA) is 47.2 Å². The van der Waals surface area contributed by atoms with E-state index in [1.807, 2.05) is 0 Å². The van der Waals surface area contributed by atoms with Crippen molar-refractivity contribution in [1.29, 1.82) is 0 Å². The summed E-state index contributed by atoms with van der Waals surface area (Å²) in [6.07, 6.45) is 1.47. The number of aliphatic imine (C=N–C) groups is 1. The highest BCUT2D eigenvalue weighted by atomic mass is 79.9. The highest BCUT2D eigenvalue weighted by Crippen LogP contribution is 2.17. The molecule has 0 N–H and O–H groups in total. The molecule has 0 aliphatic carbocycles. The molecule has 5 heteroatoms. The van der Waals surface area contributed by atoms with Gasteiger partial charge in [0.1, 0.15) is 10.2 Å². The number of aryl methyl sites for hydroxylation is 1. The largest absolute Gasteiger partial charge is 0.282 e. The lowest BCUT2D eigenvalue weighted by Crippen LogP contribution is -2.19. The Morgan fingerprint density at radius 1 is 1.82 bits per heavy atom. The van der Waals surface area contributed by atoms with E-state index in [-0.39, 0.29) is 5.56 Å². The third-order valence-electron chi connectivity index (χ3n) is 1.23. The maximum Gasteiger partial charge on any atom is 0.282 e. The van der Waals surface area contributed by atoms with Crippen molar-refractivity contribution in [2.24, 2.45) is 12.0 Å². The minimum Gasteiger partial charge on any atom is -0.266 e. The zero-order valence-electron chi connectivity index (χ0n) is 5.91. The van der Waals surface area contributed by atoms with Crippen LogP contribution in [0.4, 0.5) is 5.69 Å². The number of hydrogen-bond acceptors (Lipinski definition) is 3. The van der Waals surface area contributed by atoms with Crippen LogP contribution in [0.3, 0.4) is 0 Å².